The maximum Gasteiger partial charge on any atom is 0.180 e. The summed E-state index contributed by atoms with van der Waals surface area (Å²) in [6, 6.07) is 0. The van der Waals surface area contributed by atoms with Crippen molar-refractivity contribution in [1.29, 1.82) is 0 Å². The van der Waals surface area contributed by atoms with Crippen LogP contribution in [-0.4, -0.2) is 28.5 Å². The van der Waals surface area contributed by atoms with Crippen LogP contribution in [0.5, 0.6) is 5.75 Å². The number of hydrogen-bond donors (Lipinski definition) is 4. The normalized spacial score (nSPS) is 9.76. The number of rotatable bonds is 4. The molecule has 0 aromatic carbocycles. The van der Waals surface area contributed by atoms with E-state index >= 15 is 0 Å². The van der Waals surface area contributed by atoms with E-state index in [9.17, 15) is 9.90 Å². The van der Waals surface area contributed by atoms with Crippen molar-refractivity contribution in [2.75, 3.05) is 7.05 Å². The molecule has 4 N–H and O–H groups in total. The minimum absolute atomic E-state index is 0.0132. The standard InChI is InChI=1S/C10H14N4O2S/c1-6-9(16)8(7(5-15)3-12-6)4-13-14-10(17)11-2/h3,5,13,16H,4H2,1-2H3,(H2,11,14,17). The van der Waals surface area contributed by atoms with Gasteiger partial charge in [0, 0.05) is 30.9 Å². The van der Waals surface area contributed by atoms with Gasteiger partial charge in [-0.25, -0.2) is 5.43 Å². The molecule has 6 nitrogen and oxygen atoms in total. The topological polar surface area (TPSA) is 86.3 Å². The van der Waals surface area contributed by atoms with E-state index in [1.54, 1.807) is 14.0 Å². The Labute approximate surface area is 104 Å². The molecule has 17 heavy (non-hydrogen) atoms. The Hall–Kier alpha value is -1.73. The minimum Gasteiger partial charge on any atom is -0.506 e. The zero-order valence-corrected chi connectivity index (χ0v) is 10.4. The van der Waals surface area contributed by atoms with E-state index in [0.717, 1.165) is 0 Å². The number of carbonyl (C=O) groups excluding carboxylic acids is 1. The third kappa shape index (κ3) is 3.36. The first kappa shape index (κ1) is 13.3. The lowest BCUT2D eigenvalue weighted by molar-refractivity contribution is 0.112. The number of thiocarbonyl (C=S) groups is 1. The number of nitrogens with one attached hydrogen (secondary N) is 3. The molecular formula is C10H14N4O2S. The van der Waals surface area contributed by atoms with Crippen molar-refractivity contribution in [2.45, 2.75) is 13.5 Å². The van der Waals surface area contributed by atoms with Gasteiger partial charge in [-0.15, -0.1) is 0 Å². The molecule has 0 aliphatic heterocycles. The highest BCUT2D eigenvalue weighted by Crippen LogP contribution is 2.22. The maximum atomic E-state index is 10.8. The van der Waals surface area contributed by atoms with Gasteiger partial charge in [0.25, 0.3) is 0 Å². The molecule has 0 saturated heterocycles. The van der Waals surface area contributed by atoms with Crippen LogP contribution in [0.1, 0.15) is 21.6 Å². The van der Waals surface area contributed by atoms with Crippen LogP contribution in [-0.2, 0) is 6.54 Å². The predicted octanol–water partition coefficient (Wildman–Crippen LogP) is 0.00662. The quantitative estimate of drug-likeness (QED) is 0.342. The number of pyridine rings is 1. The van der Waals surface area contributed by atoms with E-state index in [4.69, 9.17) is 12.2 Å². The first-order valence-electron chi connectivity index (χ1n) is 4.93. The van der Waals surface area contributed by atoms with Gasteiger partial charge in [-0.2, -0.15) is 0 Å². The van der Waals surface area contributed by atoms with Gasteiger partial charge in [0.05, 0.1) is 5.69 Å². The predicted molar refractivity (Wildman–Crippen MR) is 67.7 cm³/mol. The fourth-order valence-corrected chi connectivity index (χ4v) is 1.30. The van der Waals surface area contributed by atoms with Gasteiger partial charge in [-0.05, 0) is 19.1 Å². The van der Waals surface area contributed by atoms with Crippen LogP contribution in [0, 0.1) is 6.92 Å². The van der Waals surface area contributed by atoms with Gasteiger partial charge in [-0.3, -0.25) is 15.2 Å². The highest BCUT2D eigenvalue weighted by molar-refractivity contribution is 7.80. The van der Waals surface area contributed by atoms with Crippen LogP contribution in [0.4, 0.5) is 0 Å². The lowest BCUT2D eigenvalue weighted by Gasteiger charge is -2.12. The van der Waals surface area contributed by atoms with Crippen LogP contribution >= 0.6 is 12.2 Å². The molecule has 1 heterocycles. The lowest BCUT2D eigenvalue weighted by Crippen LogP contribution is -2.42. The van der Waals surface area contributed by atoms with E-state index in [1.165, 1.54) is 6.20 Å². The third-order valence-electron chi connectivity index (χ3n) is 2.20. The molecule has 0 aliphatic carbocycles. The van der Waals surface area contributed by atoms with Crippen molar-refractivity contribution in [3.05, 3.63) is 23.0 Å². The van der Waals surface area contributed by atoms with Crippen LogP contribution < -0.4 is 16.2 Å². The van der Waals surface area contributed by atoms with E-state index < -0.39 is 0 Å². The van der Waals surface area contributed by atoms with E-state index in [2.05, 4.69) is 21.2 Å². The van der Waals surface area contributed by atoms with Crippen LogP contribution in [0.3, 0.4) is 0 Å². The second kappa shape index (κ2) is 6.12. The second-order valence-corrected chi connectivity index (χ2v) is 3.71. The van der Waals surface area contributed by atoms with Gasteiger partial charge in [0.15, 0.2) is 11.4 Å². The first-order valence-corrected chi connectivity index (χ1v) is 5.34. The molecule has 0 radical (unpaired) electrons. The average Bonchev–Trinajstić information content (AvgIpc) is 2.34. The molecule has 1 aromatic heterocycles. The molecule has 0 bridgehead atoms. The summed E-state index contributed by atoms with van der Waals surface area (Å²) in [5.74, 6) is 0.0132. The maximum absolute atomic E-state index is 10.8. The number of nitrogens with zero attached hydrogens (tertiary/aromatic N) is 1. The fraction of sp³-hybridized carbons (Fsp3) is 0.300. The Morgan fingerprint density at radius 1 is 1.65 bits per heavy atom. The van der Waals surface area contributed by atoms with Gasteiger partial charge in [0.2, 0.25) is 0 Å². The largest absolute Gasteiger partial charge is 0.506 e. The van der Waals surface area contributed by atoms with E-state index in [0.29, 0.717) is 28.2 Å². The van der Waals surface area contributed by atoms with Gasteiger partial charge < -0.3 is 10.4 Å². The molecule has 0 atom stereocenters. The summed E-state index contributed by atoms with van der Waals surface area (Å²) < 4.78 is 0. The first-order chi connectivity index (χ1) is 8.10. The highest BCUT2D eigenvalue weighted by Gasteiger charge is 2.10. The Kier molecular flexibility index (Phi) is 4.80. The number of carbonyl (C=O) groups is 1. The molecule has 1 aromatic rings. The third-order valence-corrected chi connectivity index (χ3v) is 2.50. The zero-order chi connectivity index (χ0) is 12.8. The monoisotopic (exact) mass is 254 g/mol. The lowest BCUT2D eigenvalue weighted by atomic mass is 10.1. The van der Waals surface area contributed by atoms with Crippen molar-refractivity contribution < 1.29 is 9.90 Å². The average molecular weight is 254 g/mol. The van der Waals surface area contributed by atoms with Gasteiger partial charge in [0.1, 0.15) is 5.75 Å². The number of hydrogen-bond acceptors (Lipinski definition) is 5. The molecular weight excluding hydrogens is 240 g/mol. The van der Waals surface area contributed by atoms with Crippen molar-refractivity contribution in [2.24, 2.45) is 0 Å². The highest BCUT2D eigenvalue weighted by atomic mass is 32.1. The summed E-state index contributed by atoms with van der Waals surface area (Å²) in [5.41, 5.74) is 6.80. The summed E-state index contributed by atoms with van der Waals surface area (Å²) in [4.78, 5) is 14.7. The zero-order valence-electron chi connectivity index (χ0n) is 9.57. The Balaban J connectivity index is 2.78. The van der Waals surface area contributed by atoms with Crippen LogP contribution in [0.2, 0.25) is 0 Å². The fourth-order valence-electron chi connectivity index (χ4n) is 1.22. The summed E-state index contributed by atoms with van der Waals surface area (Å²) in [7, 11) is 1.68. The molecule has 1 rings (SSSR count). The minimum atomic E-state index is 0.0132. The summed E-state index contributed by atoms with van der Waals surface area (Å²) in [5, 5.41) is 12.9. The molecule has 0 saturated carbocycles. The Morgan fingerprint density at radius 2 is 2.35 bits per heavy atom. The molecule has 0 spiro atoms. The Morgan fingerprint density at radius 3 is 2.94 bits per heavy atom. The van der Waals surface area contributed by atoms with Crippen molar-refractivity contribution >= 4 is 23.6 Å². The number of aromatic nitrogens is 1. The number of aromatic hydroxyl groups is 1. The Bertz CT molecular complexity index is 437. The van der Waals surface area contributed by atoms with Crippen LogP contribution in [0.15, 0.2) is 6.20 Å². The van der Waals surface area contributed by atoms with Crippen molar-refractivity contribution in [1.82, 2.24) is 21.2 Å². The van der Waals surface area contributed by atoms with Gasteiger partial charge in [-0.1, -0.05) is 0 Å². The number of aryl methyl sites for hydroxylation is 1. The SMILES string of the molecule is CNC(=S)NNCc1c(C=O)cnc(C)c1O. The number of hydrazine groups is 1. The molecule has 0 fully saturated rings. The molecule has 92 valence electrons. The number of aldehydes is 1. The molecule has 0 amide bonds. The van der Waals surface area contributed by atoms with E-state index in [1.807, 2.05) is 0 Å². The summed E-state index contributed by atoms with van der Waals surface area (Å²) >= 11 is 4.86. The summed E-state index contributed by atoms with van der Waals surface area (Å²) in [6.07, 6.45) is 2.08. The van der Waals surface area contributed by atoms with Crippen molar-refractivity contribution in [3.8, 4) is 5.75 Å². The van der Waals surface area contributed by atoms with E-state index in [-0.39, 0.29) is 12.3 Å². The van der Waals surface area contributed by atoms with Crippen molar-refractivity contribution in [3.63, 3.8) is 0 Å². The van der Waals surface area contributed by atoms with Crippen LogP contribution in [0.25, 0.3) is 0 Å². The molecule has 0 aliphatic rings. The second-order valence-electron chi connectivity index (χ2n) is 3.30. The molecule has 0 unspecified atom stereocenters. The smallest absolute Gasteiger partial charge is 0.180 e. The van der Waals surface area contributed by atoms with Gasteiger partial charge >= 0.3 is 0 Å². The molecule has 7 heteroatoms. The summed E-state index contributed by atoms with van der Waals surface area (Å²) in [6.45, 7) is 1.92.